The van der Waals surface area contributed by atoms with Crippen molar-refractivity contribution in [3.05, 3.63) is 36.2 Å². The van der Waals surface area contributed by atoms with Crippen LogP contribution in [0.2, 0.25) is 0 Å². The molecule has 1 aromatic heterocycles. The van der Waals surface area contributed by atoms with Gasteiger partial charge in [0.05, 0.1) is 0 Å². The third-order valence-corrected chi connectivity index (χ3v) is 5.24. The van der Waals surface area contributed by atoms with Crippen LogP contribution in [0.4, 0.5) is 4.79 Å². The Morgan fingerprint density at radius 2 is 2.08 bits per heavy atom. The summed E-state index contributed by atoms with van der Waals surface area (Å²) in [6.45, 7) is 2.45. The van der Waals surface area contributed by atoms with Gasteiger partial charge in [-0.3, -0.25) is 0 Å². The predicted octanol–water partition coefficient (Wildman–Crippen LogP) is 1.70. The second-order valence-electron chi connectivity index (χ2n) is 7.15. The summed E-state index contributed by atoms with van der Waals surface area (Å²) in [6.07, 6.45) is 5.32. The van der Waals surface area contributed by atoms with Crippen LogP contribution in [0.15, 0.2) is 30.3 Å². The monoisotopic (exact) mass is 354 g/mol. The fraction of sp³-hybridized carbons (Fsp3) is 0.526. The van der Waals surface area contributed by atoms with Crippen LogP contribution in [-0.2, 0) is 13.0 Å². The molecule has 0 bridgehead atoms. The molecule has 3 heterocycles. The lowest BCUT2D eigenvalue weighted by Crippen LogP contribution is -2.50. The largest absolute Gasteiger partial charge is 0.337 e. The molecule has 2 unspecified atom stereocenters. The quantitative estimate of drug-likeness (QED) is 0.780. The Bertz CT molecular complexity index is 738. The number of hydrogen-bond acceptors (Lipinski definition) is 4. The van der Waals surface area contributed by atoms with E-state index in [1.165, 1.54) is 12.8 Å². The van der Waals surface area contributed by atoms with E-state index in [0.717, 1.165) is 43.0 Å². The van der Waals surface area contributed by atoms with E-state index in [1.54, 1.807) is 0 Å². The van der Waals surface area contributed by atoms with Crippen LogP contribution in [-0.4, -0.2) is 46.0 Å². The first-order valence-corrected chi connectivity index (χ1v) is 9.55. The molecule has 0 saturated carbocycles. The lowest BCUT2D eigenvalue weighted by molar-refractivity contribution is 0.230. The molecule has 138 valence electrons. The van der Waals surface area contributed by atoms with E-state index >= 15 is 0 Å². The zero-order chi connectivity index (χ0) is 17.8. The van der Waals surface area contributed by atoms with Crippen LogP contribution in [0, 0.1) is 0 Å². The summed E-state index contributed by atoms with van der Waals surface area (Å²) in [6, 6.07) is 10.5. The van der Waals surface area contributed by atoms with Crippen LogP contribution in [0.1, 0.15) is 31.5 Å². The summed E-state index contributed by atoms with van der Waals surface area (Å²) in [5.41, 5.74) is 1.06. The molecule has 3 N–H and O–H groups in total. The first-order chi connectivity index (χ1) is 12.8. The first-order valence-electron chi connectivity index (χ1n) is 9.55. The average molecular weight is 354 g/mol. The summed E-state index contributed by atoms with van der Waals surface area (Å²) in [7, 11) is 0. The summed E-state index contributed by atoms with van der Waals surface area (Å²) >= 11 is 0. The number of nitrogens with zero attached hydrogens (tertiary/aromatic N) is 3. The number of aryl methyl sites for hydroxylation is 1. The Labute approximate surface area is 153 Å². The molecular formula is C19H26N6O. The summed E-state index contributed by atoms with van der Waals surface area (Å²) < 4.78 is 2.13. The minimum Gasteiger partial charge on any atom is -0.337 e. The number of nitrogens with one attached hydrogen (secondary N) is 3. The van der Waals surface area contributed by atoms with Crippen molar-refractivity contribution < 1.29 is 4.79 Å². The van der Waals surface area contributed by atoms with Crippen molar-refractivity contribution in [3.8, 4) is 11.4 Å². The Kier molecular flexibility index (Phi) is 5.15. The van der Waals surface area contributed by atoms with Gasteiger partial charge in [0.25, 0.3) is 0 Å². The van der Waals surface area contributed by atoms with Gasteiger partial charge in [-0.25, -0.2) is 4.79 Å². The van der Waals surface area contributed by atoms with E-state index in [0.29, 0.717) is 19.1 Å². The molecule has 0 spiro atoms. The molecule has 2 amide bonds. The molecule has 2 aromatic rings. The molecule has 7 heteroatoms. The van der Waals surface area contributed by atoms with E-state index in [-0.39, 0.29) is 12.1 Å². The van der Waals surface area contributed by atoms with E-state index in [1.807, 2.05) is 30.3 Å². The molecule has 2 aliphatic heterocycles. The maximum atomic E-state index is 12.3. The molecule has 1 aromatic carbocycles. The van der Waals surface area contributed by atoms with E-state index in [9.17, 15) is 4.79 Å². The topological polar surface area (TPSA) is 83.9 Å². The van der Waals surface area contributed by atoms with Crippen LogP contribution < -0.4 is 16.0 Å². The molecule has 26 heavy (non-hydrogen) atoms. The maximum absolute atomic E-state index is 12.3. The first kappa shape index (κ1) is 17.0. The number of fused-ring (bicyclic) bond motifs is 1. The Balaban J connectivity index is 1.34. The highest BCUT2D eigenvalue weighted by Gasteiger charge is 2.24. The van der Waals surface area contributed by atoms with Gasteiger partial charge < -0.3 is 20.5 Å². The Morgan fingerprint density at radius 1 is 1.19 bits per heavy atom. The third-order valence-electron chi connectivity index (χ3n) is 5.24. The lowest BCUT2D eigenvalue weighted by Gasteiger charge is -2.27. The van der Waals surface area contributed by atoms with E-state index < -0.39 is 0 Å². The highest BCUT2D eigenvalue weighted by Crippen LogP contribution is 2.22. The molecule has 7 nitrogen and oxygen atoms in total. The zero-order valence-corrected chi connectivity index (χ0v) is 14.9. The number of benzene rings is 1. The third kappa shape index (κ3) is 3.88. The van der Waals surface area contributed by atoms with Gasteiger partial charge in [0, 0.05) is 37.2 Å². The van der Waals surface area contributed by atoms with Gasteiger partial charge in [-0.2, -0.15) is 0 Å². The van der Waals surface area contributed by atoms with Crippen molar-refractivity contribution in [1.29, 1.82) is 0 Å². The molecule has 1 fully saturated rings. The molecule has 4 rings (SSSR count). The second kappa shape index (κ2) is 7.86. The fourth-order valence-corrected chi connectivity index (χ4v) is 3.80. The van der Waals surface area contributed by atoms with Gasteiger partial charge in [-0.05, 0) is 25.8 Å². The van der Waals surface area contributed by atoms with Crippen molar-refractivity contribution in [2.24, 2.45) is 0 Å². The molecule has 0 radical (unpaired) electrons. The minimum absolute atomic E-state index is 0.0832. The number of rotatable bonds is 4. The number of amides is 2. The highest BCUT2D eigenvalue weighted by molar-refractivity contribution is 5.74. The Hall–Kier alpha value is -2.41. The molecule has 2 aliphatic rings. The van der Waals surface area contributed by atoms with Crippen molar-refractivity contribution in [1.82, 2.24) is 30.7 Å². The lowest BCUT2D eigenvalue weighted by atomic mass is 10.1. The smallest absolute Gasteiger partial charge is 0.315 e. The van der Waals surface area contributed by atoms with Gasteiger partial charge in [0.2, 0.25) is 0 Å². The summed E-state index contributed by atoms with van der Waals surface area (Å²) in [5.74, 6) is 1.87. The van der Waals surface area contributed by atoms with E-state index in [4.69, 9.17) is 0 Å². The highest BCUT2D eigenvalue weighted by atomic mass is 16.2. The summed E-state index contributed by atoms with van der Waals surface area (Å²) in [4.78, 5) is 12.3. The van der Waals surface area contributed by atoms with Crippen molar-refractivity contribution in [2.45, 2.75) is 50.7 Å². The minimum atomic E-state index is -0.0832. The molecule has 2 atom stereocenters. The SMILES string of the molecule is O=C(NCC1CCCCN1)NC1CCc2nnc(-c3ccccc3)n2C1. The van der Waals surface area contributed by atoms with Crippen LogP contribution in [0.5, 0.6) is 0 Å². The van der Waals surface area contributed by atoms with Gasteiger partial charge in [-0.15, -0.1) is 10.2 Å². The molecule has 0 aliphatic carbocycles. The normalized spacial score (nSPS) is 22.5. The van der Waals surface area contributed by atoms with Crippen molar-refractivity contribution in [2.75, 3.05) is 13.1 Å². The standard InChI is InChI=1S/C19H26N6O/c26-19(21-12-15-8-4-5-11-20-15)22-16-9-10-17-23-24-18(25(17)13-16)14-6-2-1-3-7-14/h1-3,6-7,15-16,20H,4-5,8-13H2,(H2,21,22,26). The number of carbonyl (C=O) groups is 1. The van der Waals surface area contributed by atoms with Gasteiger partial charge >= 0.3 is 6.03 Å². The number of carbonyl (C=O) groups excluding carboxylic acids is 1. The number of aromatic nitrogens is 3. The van der Waals surface area contributed by atoms with Gasteiger partial charge in [0.15, 0.2) is 5.82 Å². The number of piperidine rings is 1. The fourth-order valence-electron chi connectivity index (χ4n) is 3.80. The van der Waals surface area contributed by atoms with Crippen molar-refractivity contribution >= 4 is 6.03 Å². The summed E-state index contributed by atoms with van der Waals surface area (Å²) in [5, 5.41) is 18.3. The van der Waals surface area contributed by atoms with Crippen LogP contribution in [0.25, 0.3) is 11.4 Å². The van der Waals surface area contributed by atoms with Crippen molar-refractivity contribution in [3.63, 3.8) is 0 Å². The van der Waals surface area contributed by atoms with Gasteiger partial charge in [-0.1, -0.05) is 36.8 Å². The number of urea groups is 1. The maximum Gasteiger partial charge on any atom is 0.315 e. The number of hydrogen-bond donors (Lipinski definition) is 3. The van der Waals surface area contributed by atoms with Gasteiger partial charge in [0.1, 0.15) is 5.82 Å². The molecule has 1 saturated heterocycles. The van der Waals surface area contributed by atoms with Crippen LogP contribution >= 0.6 is 0 Å². The Morgan fingerprint density at radius 3 is 2.88 bits per heavy atom. The predicted molar refractivity (Wildman–Crippen MR) is 99.7 cm³/mol. The molecular weight excluding hydrogens is 328 g/mol. The second-order valence-corrected chi connectivity index (χ2v) is 7.15. The van der Waals surface area contributed by atoms with E-state index in [2.05, 4.69) is 30.7 Å². The average Bonchev–Trinajstić information content (AvgIpc) is 3.11. The zero-order valence-electron chi connectivity index (χ0n) is 14.9. The van der Waals surface area contributed by atoms with Crippen LogP contribution in [0.3, 0.4) is 0 Å².